The zero-order valence-corrected chi connectivity index (χ0v) is 7.80. The number of nitrogens with zero attached hydrogens (tertiary/aromatic N) is 1. The van der Waals surface area contributed by atoms with Crippen molar-refractivity contribution in [3.8, 4) is 0 Å². The summed E-state index contributed by atoms with van der Waals surface area (Å²) in [4.78, 5) is 2.16. The molecule has 0 N–H and O–H groups in total. The first-order valence-corrected chi connectivity index (χ1v) is 4.86. The highest BCUT2D eigenvalue weighted by atomic mass is 15.1. The maximum atomic E-state index is 2.22. The minimum absolute atomic E-state index is 0.461. The maximum Gasteiger partial charge on any atom is 0.0490 e. The third-order valence-corrected chi connectivity index (χ3v) is 2.70. The molecule has 1 unspecified atom stereocenters. The highest BCUT2D eigenvalue weighted by molar-refractivity contribution is 5.48. The highest BCUT2D eigenvalue weighted by Gasteiger charge is 2.19. The van der Waals surface area contributed by atoms with Gasteiger partial charge >= 0.3 is 0 Å². The van der Waals surface area contributed by atoms with Gasteiger partial charge in [0.1, 0.15) is 0 Å². The summed E-state index contributed by atoms with van der Waals surface area (Å²) in [6.07, 6.45) is 21.4. The van der Waals surface area contributed by atoms with Crippen LogP contribution in [0.3, 0.4) is 0 Å². The first-order chi connectivity index (χ1) is 6.95. The Balaban J connectivity index is 2.13. The van der Waals surface area contributed by atoms with Crippen LogP contribution in [-0.2, 0) is 0 Å². The maximum absolute atomic E-state index is 2.22. The first-order valence-electron chi connectivity index (χ1n) is 4.86. The van der Waals surface area contributed by atoms with E-state index in [1.165, 1.54) is 11.3 Å². The molecule has 2 heterocycles. The Morgan fingerprint density at radius 2 is 1.79 bits per heavy atom. The van der Waals surface area contributed by atoms with E-state index in [1.807, 2.05) is 0 Å². The number of fused-ring (bicyclic) bond motifs is 2. The Kier molecular flexibility index (Phi) is 1.57. The normalized spacial score (nSPS) is 26.9. The number of allylic oxidation sites excluding steroid dienone is 9. The molecule has 0 radical (unpaired) electrons. The van der Waals surface area contributed by atoms with Crippen molar-refractivity contribution in [2.45, 2.75) is 0 Å². The van der Waals surface area contributed by atoms with Gasteiger partial charge in [0.25, 0.3) is 0 Å². The number of hydrogen-bond donors (Lipinski definition) is 0. The summed E-state index contributed by atoms with van der Waals surface area (Å²) in [5.41, 5.74) is 2.68. The van der Waals surface area contributed by atoms with Crippen molar-refractivity contribution in [1.29, 1.82) is 0 Å². The van der Waals surface area contributed by atoms with Gasteiger partial charge in [-0.3, -0.25) is 0 Å². The average Bonchev–Trinajstić information content (AvgIpc) is 2.29. The molecule has 3 rings (SSSR count). The van der Waals surface area contributed by atoms with Crippen molar-refractivity contribution < 1.29 is 0 Å². The molecule has 1 atom stereocenters. The van der Waals surface area contributed by atoms with E-state index in [-0.39, 0.29) is 0 Å². The van der Waals surface area contributed by atoms with Gasteiger partial charge in [-0.1, -0.05) is 36.5 Å². The fraction of sp³-hybridized carbons (Fsp3) is 0.0769. The van der Waals surface area contributed by atoms with Crippen LogP contribution in [-0.4, -0.2) is 4.90 Å². The topological polar surface area (TPSA) is 3.24 Å². The summed E-state index contributed by atoms with van der Waals surface area (Å²) >= 11 is 0. The Bertz CT molecular complexity index is 390. The van der Waals surface area contributed by atoms with E-state index >= 15 is 0 Å². The van der Waals surface area contributed by atoms with E-state index in [9.17, 15) is 0 Å². The van der Waals surface area contributed by atoms with Gasteiger partial charge in [0.15, 0.2) is 0 Å². The molecule has 0 aromatic rings. The molecular formula is C13H11N. The van der Waals surface area contributed by atoms with Gasteiger partial charge in [0, 0.05) is 24.0 Å². The van der Waals surface area contributed by atoms with Crippen molar-refractivity contribution in [1.82, 2.24) is 4.90 Å². The third-order valence-electron chi connectivity index (χ3n) is 2.70. The van der Waals surface area contributed by atoms with Gasteiger partial charge in [-0.05, 0) is 17.7 Å². The molecule has 0 amide bonds. The molecule has 1 heteroatoms. The van der Waals surface area contributed by atoms with Gasteiger partial charge in [-0.2, -0.15) is 0 Å². The summed E-state index contributed by atoms with van der Waals surface area (Å²) in [7, 11) is 0. The standard InChI is InChI=1S/C13H11N/c1-2-6-12-11(5-1)8-10-14-9-4-3-7-13(12)14/h1-11H. The summed E-state index contributed by atoms with van der Waals surface area (Å²) in [6, 6.07) is 0. The molecule has 0 aromatic carbocycles. The molecule has 14 heavy (non-hydrogen) atoms. The highest BCUT2D eigenvalue weighted by Crippen LogP contribution is 2.31. The summed E-state index contributed by atoms with van der Waals surface area (Å²) in [6.45, 7) is 0. The zero-order valence-electron chi connectivity index (χ0n) is 7.80. The minimum Gasteiger partial charge on any atom is -0.324 e. The van der Waals surface area contributed by atoms with Gasteiger partial charge in [-0.15, -0.1) is 0 Å². The van der Waals surface area contributed by atoms with Gasteiger partial charge in [0.2, 0.25) is 0 Å². The molecule has 68 valence electrons. The molecule has 0 saturated heterocycles. The van der Waals surface area contributed by atoms with E-state index in [0.717, 1.165) is 0 Å². The molecule has 0 saturated carbocycles. The van der Waals surface area contributed by atoms with Crippen molar-refractivity contribution in [2.24, 2.45) is 5.92 Å². The largest absolute Gasteiger partial charge is 0.324 e. The van der Waals surface area contributed by atoms with Crippen molar-refractivity contribution in [3.63, 3.8) is 0 Å². The van der Waals surface area contributed by atoms with Crippen LogP contribution < -0.4 is 0 Å². The Morgan fingerprint density at radius 1 is 0.857 bits per heavy atom. The molecule has 3 aliphatic rings. The lowest BCUT2D eigenvalue weighted by Crippen LogP contribution is -2.19. The number of hydrogen-bond acceptors (Lipinski definition) is 1. The van der Waals surface area contributed by atoms with Crippen LogP contribution in [0.15, 0.2) is 72.3 Å². The SMILES string of the molecule is C1=CC2=C3C=CC=CN3C=CC2C=C1. The molecule has 0 aromatic heterocycles. The molecule has 1 aliphatic carbocycles. The fourth-order valence-electron chi connectivity index (χ4n) is 2.00. The van der Waals surface area contributed by atoms with E-state index in [2.05, 4.69) is 65.9 Å². The van der Waals surface area contributed by atoms with E-state index < -0.39 is 0 Å². The molecule has 1 nitrogen and oxygen atoms in total. The van der Waals surface area contributed by atoms with Crippen LogP contribution in [0.25, 0.3) is 0 Å². The van der Waals surface area contributed by atoms with Gasteiger partial charge in [-0.25, -0.2) is 0 Å². The Labute approximate surface area is 83.7 Å². The fourth-order valence-corrected chi connectivity index (χ4v) is 2.00. The van der Waals surface area contributed by atoms with Crippen LogP contribution in [0.2, 0.25) is 0 Å². The Morgan fingerprint density at radius 3 is 2.79 bits per heavy atom. The van der Waals surface area contributed by atoms with E-state index in [0.29, 0.717) is 5.92 Å². The Hall–Kier alpha value is -1.76. The van der Waals surface area contributed by atoms with Gasteiger partial charge in [0.05, 0.1) is 0 Å². The quantitative estimate of drug-likeness (QED) is 0.555. The monoisotopic (exact) mass is 181 g/mol. The summed E-state index contributed by atoms with van der Waals surface area (Å²) < 4.78 is 0. The van der Waals surface area contributed by atoms with E-state index in [1.54, 1.807) is 0 Å². The van der Waals surface area contributed by atoms with Crippen LogP contribution >= 0.6 is 0 Å². The summed E-state index contributed by atoms with van der Waals surface area (Å²) in [5.74, 6) is 0.461. The smallest absolute Gasteiger partial charge is 0.0490 e. The molecular weight excluding hydrogens is 170 g/mol. The average molecular weight is 181 g/mol. The van der Waals surface area contributed by atoms with E-state index in [4.69, 9.17) is 0 Å². The molecule has 0 bridgehead atoms. The van der Waals surface area contributed by atoms with Crippen LogP contribution in [0.1, 0.15) is 0 Å². The predicted molar refractivity (Wildman–Crippen MR) is 58.1 cm³/mol. The van der Waals surface area contributed by atoms with Crippen LogP contribution in [0.4, 0.5) is 0 Å². The second-order valence-corrected chi connectivity index (χ2v) is 3.56. The van der Waals surface area contributed by atoms with Gasteiger partial charge < -0.3 is 4.90 Å². The first kappa shape index (κ1) is 7.63. The lowest BCUT2D eigenvalue weighted by Gasteiger charge is -2.29. The minimum atomic E-state index is 0.461. The zero-order chi connectivity index (χ0) is 9.38. The lowest BCUT2D eigenvalue weighted by atomic mass is 9.90. The predicted octanol–water partition coefficient (Wildman–Crippen LogP) is 2.90. The van der Waals surface area contributed by atoms with Crippen molar-refractivity contribution in [2.75, 3.05) is 0 Å². The van der Waals surface area contributed by atoms with Crippen LogP contribution in [0.5, 0.6) is 0 Å². The lowest BCUT2D eigenvalue weighted by molar-refractivity contribution is 0.605. The molecule has 0 spiro atoms. The number of rotatable bonds is 0. The molecule has 2 aliphatic heterocycles. The third kappa shape index (κ3) is 1.02. The van der Waals surface area contributed by atoms with Crippen LogP contribution in [0, 0.1) is 5.92 Å². The summed E-state index contributed by atoms with van der Waals surface area (Å²) in [5, 5.41) is 0. The van der Waals surface area contributed by atoms with Crippen molar-refractivity contribution >= 4 is 0 Å². The molecule has 0 fully saturated rings. The second-order valence-electron chi connectivity index (χ2n) is 3.56. The van der Waals surface area contributed by atoms with Crippen molar-refractivity contribution in [3.05, 3.63) is 72.3 Å². The second kappa shape index (κ2) is 2.88.